The van der Waals surface area contributed by atoms with Gasteiger partial charge in [0.05, 0.1) is 5.56 Å². The number of nitrogens with one attached hydrogen (secondary N) is 1. The first kappa shape index (κ1) is 18.9. The third-order valence-electron chi connectivity index (χ3n) is 4.37. The first-order valence-corrected chi connectivity index (χ1v) is 8.56. The average molecular weight is 376 g/mol. The van der Waals surface area contributed by atoms with Gasteiger partial charge in [0, 0.05) is 30.8 Å². The molecular formula is C20H19F3N2O2. The van der Waals surface area contributed by atoms with E-state index in [-0.39, 0.29) is 24.3 Å². The van der Waals surface area contributed by atoms with E-state index in [1.165, 1.54) is 17.0 Å². The highest BCUT2D eigenvalue weighted by Gasteiger charge is 2.30. The number of rotatable bonds is 5. The molecule has 0 heterocycles. The van der Waals surface area contributed by atoms with Gasteiger partial charge >= 0.3 is 6.18 Å². The van der Waals surface area contributed by atoms with E-state index in [0.717, 1.165) is 25.0 Å². The molecule has 0 atom stereocenters. The Bertz CT molecular complexity index is 843. The van der Waals surface area contributed by atoms with E-state index in [1.807, 2.05) is 0 Å². The van der Waals surface area contributed by atoms with Crippen molar-refractivity contribution in [2.75, 3.05) is 12.4 Å². The molecule has 0 unspecified atom stereocenters. The summed E-state index contributed by atoms with van der Waals surface area (Å²) in [6, 6.07) is 11.4. The van der Waals surface area contributed by atoms with Gasteiger partial charge in [0.1, 0.15) is 0 Å². The van der Waals surface area contributed by atoms with Gasteiger partial charge in [-0.05, 0) is 48.7 Å². The largest absolute Gasteiger partial charge is 0.416 e. The lowest BCUT2D eigenvalue weighted by Gasteiger charge is -2.18. The molecule has 1 aliphatic rings. The topological polar surface area (TPSA) is 49.4 Å². The molecule has 0 radical (unpaired) electrons. The van der Waals surface area contributed by atoms with Crippen LogP contribution in [0.15, 0.2) is 48.5 Å². The molecule has 0 aliphatic heterocycles. The Hall–Kier alpha value is -2.83. The van der Waals surface area contributed by atoms with Gasteiger partial charge < -0.3 is 10.2 Å². The average Bonchev–Trinajstić information content (AvgIpc) is 3.46. The van der Waals surface area contributed by atoms with Gasteiger partial charge in [-0.15, -0.1) is 0 Å². The van der Waals surface area contributed by atoms with E-state index < -0.39 is 11.7 Å². The highest BCUT2D eigenvalue weighted by Crippen LogP contribution is 2.30. The Morgan fingerprint density at radius 2 is 1.78 bits per heavy atom. The highest BCUT2D eigenvalue weighted by molar-refractivity contribution is 5.98. The van der Waals surface area contributed by atoms with Crippen LogP contribution in [0.3, 0.4) is 0 Å². The van der Waals surface area contributed by atoms with Crippen LogP contribution in [0.4, 0.5) is 18.9 Å². The monoisotopic (exact) mass is 376 g/mol. The lowest BCUT2D eigenvalue weighted by atomic mass is 10.1. The predicted molar refractivity (Wildman–Crippen MR) is 95.0 cm³/mol. The molecule has 4 nitrogen and oxygen atoms in total. The smallest absolute Gasteiger partial charge is 0.337 e. The zero-order chi connectivity index (χ0) is 19.6. The summed E-state index contributed by atoms with van der Waals surface area (Å²) in [7, 11) is 1.58. The van der Waals surface area contributed by atoms with Crippen molar-refractivity contribution < 1.29 is 22.8 Å². The quantitative estimate of drug-likeness (QED) is 0.845. The molecule has 7 heteroatoms. The SMILES string of the molecule is CN(Cc1ccc(C(F)(F)F)cc1)C(=O)c1cccc(NC(=O)C2CC2)c1. The third kappa shape index (κ3) is 4.87. The second-order valence-electron chi connectivity index (χ2n) is 6.70. The van der Waals surface area contributed by atoms with Crippen LogP contribution in [0, 0.1) is 5.92 Å². The van der Waals surface area contributed by atoms with Gasteiger partial charge in [-0.1, -0.05) is 18.2 Å². The molecule has 0 saturated heterocycles. The predicted octanol–water partition coefficient (Wildman–Crippen LogP) is 4.33. The zero-order valence-corrected chi connectivity index (χ0v) is 14.7. The number of alkyl halides is 3. The minimum Gasteiger partial charge on any atom is -0.337 e. The maximum atomic E-state index is 12.6. The van der Waals surface area contributed by atoms with Crippen molar-refractivity contribution in [2.45, 2.75) is 25.6 Å². The Morgan fingerprint density at radius 3 is 2.37 bits per heavy atom. The number of halogens is 3. The van der Waals surface area contributed by atoms with E-state index in [4.69, 9.17) is 0 Å². The number of carbonyl (C=O) groups excluding carboxylic acids is 2. The third-order valence-corrected chi connectivity index (χ3v) is 4.37. The van der Waals surface area contributed by atoms with Crippen molar-refractivity contribution >= 4 is 17.5 Å². The summed E-state index contributed by atoms with van der Waals surface area (Å²) in [6.07, 6.45) is -2.60. The summed E-state index contributed by atoms with van der Waals surface area (Å²) in [5.74, 6) is -0.262. The molecule has 3 rings (SSSR count). The molecule has 0 bridgehead atoms. The van der Waals surface area contributed by atoms with Gasteiger partial charge in [-0.2, -0.15) is 13.2 Å². The molecule has 1 N–H and O–H groups in total. The summed E-state index contributed by atoms with van der Waals surface area (Å²) in [5, 5.41) is 2.79. The number of amides is 2. The summed E-state index contributed by atoms with van der Waals surface area (Å²) in [6.45, 7) is 0.176. The van der Waals surface area contributed by atoms with Crippen LogP contribution in [0.1, 0.15) is 34.3 Å². The van der Waals surface area contributed by atoms with Crippen LogP contribution >= 0.6 is 0 Å². The molecule has 2 aromatic rings. The van der Waals surface area contributed by atoms with E-state index in [9.17, 15) is 22.8 Å². The molecule has 0 spiro atoms. The normalized spacial score (nSPS) is 13.9. The Kier molecular flexibility index (Phi) is 5.21. The maximum Gasteiger partial charge on any atom is 0.416 e. The first-order valence-electron chi connectivity index (χ1n) is 8.56. The van der Waals surface area contributed by atoms with E-state index in [2.05, 4.69) is 5.32 Å². The van der Waals surface area contributed by atoms with Gasteiger partial charge in [-0.25, -0.2) is 0 Å². The number of anilines is 1. The number of hydrogen-bond acceptors (Lipinski definition) is 2. The zero-order valence-electron chi connectivity index (χ0n) is 14.7. The van der Waals surface area contributed by atoms with Crippen LogP contribution in [0.2, 0.25) is 0 Å². The van der Waals surface area contributed by atoms with Crippen molar-refractivity contribution in [3.63, 3.8) is 0 Å². The minimum absolute atomic E-state index is 0.0438. The van der Waals surface area contributed by atoms with Crippen LogP contribution in [0.25, 0.3) is 0 Å². The molecule has 2 amide bonds. The molecular weight excluding hydrogens is 357 g/mol. The van der Waals surface area contributed by atoms with E-state index in [1.54, 1.807) is 31.3 Å². The highest BCUT2D eigenvalue weighted by atomic mass is 19.4. The van der Waals surface area contributed by atoms with Gasteiger partial charge in [0.2, 0.25) is 5.91 Å². The van der Waals surface area contributed by atoms with Crippen molar-refractivity contribution in [2.24, 2.45) is 5.92 Å². The second-order valence-corrected chi connectivity index (χ2v) is 6.70. The fourth-order valence-electron chi connectivity index (χ4n) is 2.69. The van der Waals surface area contributed by atoms with Crippen LogP contribution < -0.4 is 5.32 Å². The molecule has 0 aromatic heterocycles. The Balaban J connectivity index is 1.65. The van der Waals surface area contributed by atoms with Gasteiger partial charge in [-0.3, -0.25) is 9.59 Å². The summed E-state index contributed by atoms with van der Waals surface area (Å²) < 4.78 is 37.9. The number of benzene rings is 2. The minimum atomic E-state index is -4.38. The number of carbonyl (C=O) groups is 2. The molecule has 142 valence electrons. The van der Waals surface area contributed by atoms with Crippen LogP contribution in [-0.2, 0) is 17.5 Å². The number of hydrogen-bond donors (Lipinski definition) is 1. The van der Waals surface area contributed by atoms with E-state index in [0.29, 0.717) is 16.8 Å². The first-order chi connectivity index (χ1) is 12.7. The molecule has 1 saturated carbocycles. The van der Waals surface area contributed by atoms with Crippen molar-refractivity contribution in [1.29, 1.82) is 0 Å². The fourth-order valence-corrected chi connectivity index (χ4v) is 2.69. The molecule has 2 aromatic carbocycles. The van der Waals surface area contributed by atoms with E-state index >= 15 is 0 Å². The van der Waals surface area contributed by atoms with Crippen LogP contribution in [-0.4, -0.2) is 23.8 Å². The van der Waals surface area contributed by atoms with Crippen molar-refractivity contribution in [3.05, 3.63) is 65.2 Å². The van der Waals surface area contributed by atoms with Crippen molar-refractivity contribution in [1.82, 2.24) is 4.90 Å². The second kappa shape index (κ2) is 7.42. The number of nitrogens with zero attached hydrogens (tertiary/aromatic N) is 1. The van der Waals surface area contributed by atoms with Crippen molar-refractivity contribution in [3.8, 4) is 0 Å². The Morgan fingerprint density at radius 1 is 1.11 bits per heavy atom. The summed E-state index contributed by atoms with van der Waals surface area (Å²) in [4.78, 5) is 25.9. The molecule has 27 heavy (non-hydrogen) atoms. The molecule has 1 fully saturated rings. The standard InChI is InChI=1S/C20H19F3N2O2/c1-25(12-13-5-9-16(10-6-13)20(21,22)23)19(27)15-3-2-4-17(11-15)24-18(26)14-7-8-14/h2-6,9-11,14H,7-8,12H2,1H3,(H,24,26). The van der Waals surface area contributed by atoms with Crippen LogP contribution in [0.5, 0.6) is 0 Å². The fraction of sp³-hybridized carbons (Fsp3) is 0.300. The summed E-state index contributed by atoms with van der Waals surface area (Å²) in [5.41, 5.74) is 0.829. The maximum absolute atomic E-state index is 12.6. The Labute approximate surface area is 155 Å². The molecule has 1 aliphatic carbocycles. The lowest BCUT2D eigenvalue weighted by molar-refractivity contribution is -0.137. The van der Waals surface area contributed by atoms with Gasteiger partial charge in [0.25, 0.3) is 5.91 Å². The summed E-state index contributed by atoms with van der Waals surface area (Å²) >= 11 is 0. The lowest BCUT2D eigenvalue weighted by Crippen LogP contribution is -2.26. The van der Waals surface area contributed by atoms with Gasteiger partial charge in [0.15, 0.2) is 0 Å².